The molecule has 0 bridgehead atoms. The number of fused-ring (bicyclic) bond motifs is 1. The Morgan fingerprint density at radius 1 is 1.19 bits per heavy atom. The molecule has 3 rings (SSSR count). The first-order chi connectivity index (χ1) is 12.9. The quantitative estimate of drug-likeness (QED) is 0.826. The van der Waals surface area contributed by atoms with Crippen molar-refractivity contribution in [3.63, 3.8) is 0 Å². The van der Waals surface area contributed by atoms with E-state index in [0.29, 0.717) is 30.9 Å². The van der Waals surface area contributed by atoms with Gasteiger partial charge in [-0.3, -0.25) is 4.79 Å². The molecular weight excluding hydrogens is 364 g/mol. The largest absolute Gasteiger partial charge is 0.484 e. The Hall–Kier alpha value is -2.38. The summed E-state index contributed by atoms with van der Waals surface area (Å²) < 4.78 is 31.2. The number of aryl methyl sites for hydroxylation is 1. The normalized spacial score (nSPS) is 14.4. The van der Waals surface area contributed by atoms with Gasteiger partial charge in [-0.25, -0.2) is 8.42 Å². The molecule has 0 unspecified atom stereocenters. The van der Waals surface area contributed by atoms with Crippen molar-refractivity contribution >= 4 is 21.6 Å². The second-order valence-electron chi connectivity index (χ2n) is 6.62. The lowest BCUT2D eigenvalue weighted by atomic mass is 10.0. The highest BCUT2D eigenvalue weighted by Gasteiger charge is 2.25. The molecule has 6 nitrogen and oxygen atoms in total. The first kappa shape index (κ1) is 19.4. The van der Waals surface area contributed by atoms with Crippen LogP contribution in [0.15, 0.2) is 42.5 Å². The molecule has 0 aliphatic carbocycles. The summed E-state index contributed by atoms with van der Waals surface area (Å²) in [5, 5.41) is 2.81. The van der Waals surface area contributed by atoms with Crippen molar-refractivity contribution < 1.29 is 17.9 Å². The third-order valence-corrected chi connectivity index (χ3v) is 6.41. The maximum Gasteiger partial charge on any atom is 0.262 e. The summed E-state index contributed by atoms with van der Waals surface area (Å²) in [6, 6.07) is 13.1. The summed E-state index contributed by atoms with van der Waals surface area (Å²) in [6.45, 7) is 4.36. The van der Waals surface area contributed by atoms with Crippen molar-refractivity contribution in [2.75, 3.05) is 24.2 Å². The van der Waals surface area contributed by atoms with Crippen LogP contribution in [-0.2, 0) is 27.8 Å². The molecule has 0 fully saturated rings. The molecule has 1 N–H and O–H groups in total. The van der Waals surface area contributed by atoms with Crippen molar-refractivity contribution in [1.29, 1.82) is 0 Å². The van der Waals surface area contributed by atoms with Gasteiger partial charge in [0.1, 0.15) is 5.75 Å². The van der Waals surface area contributed by atoms with Gasteiger partial charge in [0.25, 0.3) is 5.91 Å². The molecule has 1 aliphatic heterocycles. The predicted molar refractivity (Wildman–Crippen MR) is 105 cm³/mol. The summed E-state index contributed by atoms with van der Waals surface area (Å²) >= 11 is 0. The number of carbonyl (C=O) groups is 1. The molecule has 27 heavy (non-hydrogen) atoms. The van der Waals surface area contributed by atoms with E-state index in [4.69, 9.17) is 4.74 Å². The molecule has 144 valence electrons. The zero-order valence-electron chi connectivity index (χ0n) is 15.6. The molecule has 0 aromatic heterocycles. The van der Waals surface area contributed by atoms with Gasteiger partial charge in [-0.15, -0.1) is 0 Å². The average Bonchev–Trinajstić information content (AvgIpc) is 2.66. The Balaban J connectivity index is 1.63. The van der Waals surface area contributed by atoms with Gasteiger partial charge in [-0.05, 0) is 61.2 Å². The first-order valence-electron chi connectivity index (χ1n) is 8.96. The Bertz CT molecular complexity index is 941. The second-order valence-corrected chi connectivity index (χ2v) is 8.88. The van der Waals surface area contributed by atoms with Gasteiger partial charge in [0.2, 0.25) is 10.0 Å². The Morgan fingerprint density at radius 3 is 2.74 bits per heavy atom. The molecule has 0 atom stereocenters. The third kappa shape index (κ3) is 4.87. The molecule has 1 aliphatic rings. The number of nitrogens with zero attached hydrogens (tertiary/aromatic N) is 1. The first-order valence-corrected chi connectivity index (χ1v) is 10.6. The van der Waals surface area contributed by atoms with Crippen LogP contribution in [0.5, 0.6) is 5.75 Å². The van der Waals surface area contributed by atoms with Gasteiger partial charge in [0, 0.05) is 18.8 Å². The molecule has 2 aromatic carbocycles. The number of hydrogen-bond acceptors (Lipinski definition) is 4. The number of benzene rings is 2. The smallest absolute Gasteiger partial charge is 0.262 e. The van der Waals surface area contributed by atoms with Gasteiger partial charge >= 0.3 is 0 Å². The molecule has 2 aromatic rings. The number of amides is 1. The van der Waals surface area contributed by atoms with Crippen LogP contribution in [0, 0.1) is 6.92 Å². The SMILES string of the molecule is CCS(=O)(=O)N1CCc2ccc(NC(=O)COc3cccc(C)c3)cc2C1. The van der Waals surface area contributed by atoms with Crippen LogP contribution in [0.3, 0.4) is 0 Å². The number of nitrogens with one attached hydrogen (secondary N) is 1. The van der Waals surface area contributed by atoms with Crippen LogP contribution in [-0.4, -0.2) is 37.5 Å². The van der Waals surface area contributed by atoms with Crippen molar-refractivity contribution in [2.45, 2.75) is 26.8 Å². The fourth-order valence-electron chi connectivity index (χ4n) is 3.08. The number of rotatable bonds is 6. The molecule has 7 heteroatoms. The minimum Gasteiger partial charge on any atom is -0.484 e. The minimum atomic E-state index is -3.22. The highest BCUT2D eigenvalue weighted by molar-refractivity contribution is 7.89. The summed E-state index contributed by atoms with van der Waals surface area (Å²) in [5.41, 5.74) is 3.75. The molecular formula is C20H24N2O4S. The van der Waals surface area contributed by atoms with E-state index >= 15 is 0 Å². The maximum atomic E-state index is 12.2. The number of anilines is 1. The fourth-order valence-corrected chi connectivity index (χ4v) is 4.15. The van der Waals surface area contributed by atoms with E-state index in [0.717, 1.165) is 16.7 Å². The van der Waals surface area contributed by atoms with Crippen LogP contribution >= 0.6 is 0 Å². The minimum absolute atomic E-state index is 0.0864. The van der Waals surface area contributed by atoms with Gasteiger partial charge in [0.15, 0.2) is 6.61 Å². The Morgan fingerprint density at radius 2 is 2.00 bits per heavy atom. The molecule has 0 spiro atoms. The average molecular weight is 388 g/mol. The van der Waals surface area contributed by atoms with Gasteiger partial charge in [-0.1, -0.05) is 18.2 Å². The lowest BCUT2D eigenvalue weighted by Crippen LogP contribution is -2.36. The van der Waals surface area contributed by atoms with Gasteiger partial charge in [0.05, 0.1) is 5.75 Å². The Kier molecular flexibility index (Phi) is 5.82. The van der Waals surface area contributed by atoms with Crippen molar-refractivity contribution in [2.24, 2.45) is 0 Å². The zero-order chi connectivity index (χ0) is 19.4. The molecule has 0 radical (unpaired) electrons. The highest BCUT2D eigenvalue weighted by atomic mass is 32.2. The summed E-state index contributed by atoms with van der Waals surface area (Å²) in [4.78, 5) is 12.2. The van der Waals surface area contributed by atoms with Crippen LogP contribution < -0.4 is 10.1 Å². The van der Waals surface area contributed by atoms with Crippen molar-refractivity contribution in [1.82, 2.24) is 4.31 Å². The predicted octanol–water partition coefficient (Wildman–Crippen LogP) is 2.72. The van der Waals surface area contributed by atoms with Crippen molar-refractivity contribution in [3.8, 4) is 5.75 Å². The summed E-state index contributed by atoms with van der Waals surface area (Å²) in [7, 11) is -3.22. The van der Waals surface area contributed by atoms with E-state index < -0.39 is 10.0 Å². The highest BCUT2D eigenvalue weighted by Crippen LogP contribution is 2.24. The fraction of sp³-hybridized carbons (Fsp3) is 0.350. The lowest BCUT2D eigenvalue weighted by molar-refractivity contribution is -0.118. The van der Waals surface area contributed by atoms with E-state index in [2.05, 4.69) is 5.32 Å². The molecule has 0 saturated heterocycles. The lowest BCUT2D eigenvalue weighted by Gasteiger charge is -2.28. The van der Waals surface area contributed by atoms with E-state index in [-0.39, 0.29) is 18.3 Å². The summed E-state index contributed by atoms with van der Waals surface area (Å²) in [5.74, 6) is 0.482. The second kappa shape index (κ2) is 8.10. The molecule has 0 saturated carbocycles. The maximum absolute atomic E-state index is 12.2. The van der Waals surface area contributed by atoms with Crippen LogP contribution in [0.1, 0.15) is 23.6 Å². The number of sulfonamides is 1. The van der Waals surface area contributed by atoms with Gasteiger partial charge < -0.3 is 10.1 Å². The topological polar surface area (TPSA) is 75.7 Å². The molecule has 1 amide bonds. The van der Waals surface area contributed by atoms with Crippen molar-refractivity contribution in [3.05, 3.63) is 59.2 Å². The monoisotopic (exact) mass is 388 g/mol. The summed E-state index contributed by atoms with van der Waals surface area (Å²) in [6.07, 6.45) is 0.680. The van der Waals surface area contributed by atoms with E-state index in [1.54, 1.807) is 6.92 Å². The van der Waals surface area contributed by atoms with Crippen LogP contribution in [0.4, 0.5) is 5.69 Å². The van der Waals surface area contributed by atoms with Crippen LogP contribution in [0.2, 0.25) is 0 Å². The van der Waals surface area contributed by atoms with Crippen LogP contribution in [0.25, 0.3) is 0 Å². The third-order valence-electron chi connectivity index (χ3n) is 4.58. The standard InChI is InChI=1S/C20H24N2O4S/c1-3-27(24,25)22-10-9-16-7-8-18(12-17(16)13-22)21-20(23)14-26-19-6-4-5-15(2)11-19/h4-8,11-12H,3,9-10,13-14H2,1-2H3,(H,21,23). The van der Waals surface area contributed by atoms with Gasteiger partial charge in [-0.2, -0.15) is 4.31 Å². The number of hydrogen-bond donors (Lipinski definition) is 1. The zero-order valence-corrected chi connectivity index (χ0v) is 16.4. The Labute approximate surface area is 160 Å². The van der Waals surface area contributed by atoms with E-state index in [1.165, 1.54) is 4.31 Å². The van der Waals surface area contributed by atoms with E-state index in [9.17, 15) is 13.2 Å². The molecule has 1 heterocycles. The van der Waals surface area contributed by atoms with E-state index in [1.807, 2.05) is 49.4 Å². The number of carbonyl (C=O) groups excluding carboxylic acids is 1. The number of ether oxygens (including phenoxy) is 1.